The molecule has 1 unspecified atom stereocenters. The predicted octanol–water partition coefficient (Wildman–Crippen LogP) is 3.17. The number of carbonyl (C=O) groups is 1. The molecule has 2 aromatic rings. The summed E-state index contributed by atoms with van der Waals surface area (Å²) in [6, 6.07) is 5.91. The topological polar surface area (TPSA) is 61.4 Å². The van der Waals surface area contributed by atoms with Crippen molar-refractivity contribution in [3.8, 4) is 0 Å². The van der Waals surface area contributed by atoms with E-state index in [2.05, 4.69) is 22.1 Å². The molecule has 114 valence electrons. The zero-order valence-electron chi connectivity index (χ0n) is 11.7. The summed E-state index contributed by atoms with van der Waals surface area (Å²) in [4.78, 5) is 12.8. The fourth-order valence-electron chi connectivity index (χ4n) is 2.14. The highest BCUT2D eigenvalue weighted by Gasteiger charge is 2.12. The van der Waals surface area contributed by atoms with Crippen LogP contribution in [0, 0.1) is 0 Å². The van der Waals surface area contributed by atoms with Crippen molar-refractivity contribution in [2.45, 2.75) is 25.3 Å². The van der Waals surface area contributed by atoms with Gasteiger partial charge in [0.05, 0.1) is 6.54 Å². The minimum Gasteiger partial charge on any atom is -0.396 e. The Morgan fingerprint density at radius 1 is 1.24 bits per heavy atom. The van der Waals surface area contributed by atoms with Crippen LogP contribution in [0.15, 0.2) is 34.3 Å². The van der Waals surface area contributed by atoms with Crippen molar-refractivity contribution in [3.63, 3.8) is 0 Å². The Morgan fingerprint density at radius 2 is 2.14 bits per heavy atom. The number of aliphatic hydroxyl groups is 1. The van der Waals surface area contributed by atoms with Gasteiger partial charge in [-0.2, -0.15) is 11.3 Å². The molecule has 0 radical (unpaired) electrons. The molecule has 0 aliphatic heterocycles. The second-order valence-electron chi connectivity index (χ2n) is 4.74. The molecule has 2 aromatic heterocycles. The lowest BCUT2D eigenvalue weighted by Crippen LogP contribution is -2.35. The van der Waals surface area contributed by atoms with Gasteiger partial charge in [-0.1, -0.05) is 6.07 Å². The van der Waals surface area contributed by atoms with E-state index < -0.39 is 0 Å². The molecular weight excluding hydrogens is 304 g/mol. The zero-order chi connectivity index (χ0) is 14.9. The lowest BCUT2D eigenvalue weighted by atomic mass is 9.95. The fourth-order valence-corrected chi connectivity index (χ4v) is 3.53. The van der Waals surface area contributed by atoms with E-state index in [0.29, 0.717) is 19.0 Å². The van der Waals surface area contributed by atoms with E-state index in [1.54, 1.807) is 22.7 Å². The van der Waals surface area contributed by atoms with E-state index in [9.17, 15) is 4.79 Å². The van der Waals surface area contributed by atoms with Gasteiger partial charge in [-0.25, -0.2) is 4.79 Å². The SMILES string of the molecule is O=C(NCCC(CCO)c1ccsc1)NCc1cccs1. The molecule has 0 fully saturated rings. The van der Waals surface area contributed by atoms with Crippen molar-refractivity contribution in [2.24, 2.45) is 0 Å². The third-order valence-corrected chi connectivity index (χ3v) is 4.85. The molecule has 1 atom stereocenters. The van der Waals surface area contributed by atoms with Crippen LogP contribution in [0.4, 0.5) is 4.79 Å². The molecule has 6 heteroatoms. The Balaban J connectivity index is 1.68. The number of thiophene rings is 2. The molecule has 0 aliphatic carbocycles. The van der Waals surface area contributed by atoms with Crippen LogP contribution in [0.2, 0.25) is 0 Å². The Hall–Kier alpha value is -1.37. The Bertz CT molecular complexity index is 512. The third kappa shape index (κ3) is 5.49. The molecule has 0 aliphatic rings. The van der Waals surface area contributed by atoms with Gasteiger partial charge in [0.25, 0.3) is 0 Å². The van der Waals surface area contributed by atoms with Crippen molar-refractivity contribution in [1.82, 2.24) is 10.6 Å². The smallest absolute Gasteiger partial charge is 0.315 e. The quantitative estimate of drug-likeness (QED) is 0.698. The monoisotopic (exact) mass is 324 g/mol. The number of rotatable bonds is 8. The van der Waals surface area contributed by atoms with Crippen LogP contribution in [0.25, 0.3) is 0 Å². The molecule has 21 heavy (non-hydrogen) atoms. The number of amides is 2. The molecule has 2 heterocycles. The van der Waals surface area contributed by atoms with Crippen LogP contribution >= 0.6 is 22.7 Å². The number of urea groups is 1. The first-order chi connectivity index (χ1) is 10.3. The summed E-state index contributed by atoms with van der Waals surface area (Å²) in [5, 5.41) is 21.0. The largest absolute Gasteiger partial charge is 0.396 e. The molecule has 0 saturated heterocycles. The maximum absolute atomic E-state index is 11.7. The van der Waals surface area contributed by atoms with E-state index >= 15 is 0 Å². The van der Waals surface area contributed by atoms with Crippen LogP contribution in [-0.2, 0) is 6.54 Å². The van der Waals surface area contributed by atoms with Gasteiger partial charge < -0.3 is 15.7 Å². The highest BCUT2D eigenvalue weighted by atomic mass is 32.1. The number of carbonyl (C=O) groups excluding carboxylic acids is 1. The van der Waals surface area contributed by atoms with E-state index in [4.69, 9.17) is 5.11 Å². The minimum atomic E-state index is -0.142. The second-order valence-corrected chi connectivity index (χ2v) is 6.56. The summed E-state index contributed by atoms with van der Waals surface area (Å²) in [5.41, 5.74) is 1.25. The summed E-state index contributed by atoms with van der Waals surface area (Å²) in [6.45, 7) is 1.34. The maximum Gasteiger partial charge on any atom is 0.315 e. The molecule has 0 aromatic carbocycles. The molecule has 0 saturated carbocycles. The molecule has 2 rings (SSSR count). The number of hydrogen-bond acceptors (Lipinski definition) is 4. The van der Waals surface area contributed by atoms with Gasteiger partial charge in [-0.15, -0.1) is 11.3 Å². The van der Waals surface area contributed by atoms with Gasteiger partial charge in [0.15, 0.2) is 0 Å². The normalized spacial score (nSPS) is 12.0. The molecule has 3 N–H and O–H groups in total. The number of nitrogens with one attached hydrogen (secondary N) is 2. The standard InChI is InChI=1S/C15H20N2O2S2/c18-7-4-12(13-5-9-20-11-13)3-6-16-15(19)17-10-14-2-1-8-21-14/h1-2,5,8-9,11-12,18H,3-4,6-7,10H2,(H2,16,17,19). The Labute approximate surface area is 132 Å². The first kappa shape index (κ1) is 16.0. The summed E-state index contributed by atoms with van der Waals surface area (Å²) in [6.07, 6.45) is 1.57. The molecule has 0 bridgehead atoms. The number of aliphatic hydroxyl groups excluding tert-OH is 1. The highest BCUT2D eigenvalue weighted by molar-refractivity contribution is 7.09. The van der Waals surface area contributed by atoms with E-state index in [0.717, 1.165) is 17.7 Å². The zero-order valence-corrected chi connectivity index (χ0v) is 13.4. The van der Waals surface area contributed by atoms with Crippen LogP contribution in [0.5, 0.6) is 0 Å². The first-order valence-electron chi connectivity index (χ1n) is 6.96. The first-order valence-corrected chi connectivity index (χ1v) is 8.79. The van der Waals surface area contributed by atoms with Crippen molar-refractivity contribution >= 4 is 28.7 Å². The van der Waals surface area contributed by atoms with E-state index in [1.807, 2.05) is 22.9 Å². The predicted molar refractivity (Wildman–Crippen MR) is 87.9 cm³/mol. The van der Waals surface area contributed by atoms with Crippen molar-refractivity contribution < 1.29 is 9.90 Å². The fraction of sp³-hybridized carbons (Fsp3) is 0.400. The summed E-state index contributed by atoms with van der Waals surface area (Å²) < 4.78 is 0. The summed E-state index contributed by atoms with van der Waals surface area (Å²) in [5.74, 6) is 0.304. The van der Waals surface area contributed by atoms with Gasteiger partial charge in [0.2, 0.25) is 0 Å². The van der Waals surface area contributed by atoms with Crippen LogP contribution in [0.3, 0.4) is 0 Å². The Kier molecular flexibility index (Phi) is 6.72. The lowest BCUT2D eigenvalue weighted by Gasteiger charge is -2.15. The van der Waals surface area contributed by atoms with Gasteiger partial charge in [0.1, 0.15) is 0 Å². The van der Waals surface area contributed by atoms with Crippen molar-refractivity contribution in [2.75, 3.05) is 13.2 Å². The molecule has 4 nitrogen and oxygen atoms in total. The van der Waals surface area contributed by atoms with Crippen LogP contribution in [0.1, 0.15) is 29.2 Å². The van der Waals surface area contributed by atoms with Gasteiger partial charge in [-0.3, -0.25) is 0 Å². The van der Waals surface area contributed by atoms with E-state index in [1.165, 1.54) is 5.56 Å². The highest BCUT2D eigenvalue weighted by Crippen LogP contribution is 2.24. The van der Waals surface area contributed by atoms with Gasteiger partial charge >= 0.3 is 6.03 Å². The molecule has 0 spiro atoms. The molecule has 2 amide bonds. The second kappa shape index (κ2) is 8.81. The van der Waals surface area contributed by atoms with Crippen molar-refractivity contribution in [1.29, 1.82) is 0 Å². The average molecular weight is 324 g/mol. The number of hydrogen-bond donors (Lipinski definition) is 3. The molecular formula is C15H20N2O2S2. The summed E-state index contributed by atoms with van der Waals surface area (Å²) in [7, 11) is 0. The lowest BCUT2D eigenvalue weighted by molar-refractivity contribution is 0.239. The minimum absolute atomic E-state index is 0.142. The van der Waals surface area contributed by atoms with Crippen LogP contribution < -0.4 is 10.6 Å². The van der Waals surface area contributed by atoms with E-state index in [-0.39, 0.29) is 12.6 Å². The van der Waals surface area contributed by atoms with Gasteiger partial charge in [0, 0.05) is 18.0 Å². The van der Waals surface area contributed by atoms with Crippen molar-refractivity contribution in [3.05, 3.63) is 44.8 Å². The Morgan fingerprint density at radius 3 is 2.81 bits per heavy atom. The average Bonchev–Trinajstić information content (AvgIpc) is 3.17. The summed E-state index contributed by atoms with van der Waals surface area (Å²) >= 11 is 3.29. The maximum atomic E-state index is 11.7. The third-order valence-electron chi connectivity index (χ3n) is 3.27. The van der Waals surface area contributed by atoms with Crippen LogP contribution in [-0.4, -0.2) is 24.3 Å². The van der Waals surface area contributed by atoms with Gasteiger partial charge in [-0.05, 0) is 52.6 Å².